The standard InChI is InChI=1S/C13H14O/c1-4-8-13(14-3)12-10-7-6-9-11(12)5-2/h2,4,6-7,9-10,13H,1,8H2,3H3. The molecule has 1 aromatic carbocycles. The molecule has 0 aliphatic carbocycles. The SMILES string of the molecule is C#Cc1ccccc1C(CC=C)OC. The number of rotatable bonds is 4. The molecule has 0 saturated heterocycles. The Morgan fingerprint density at radius 3 is 2.86 bits per heavy atom. The van der Waals surface area contributed by atoms with E-state index in [0.717, 1.165) is 17.5 Å². The normalized spacial score (nSPS) is 11.7. The molecule has 0 radical (unpaired) electrons. The van der Waals surface area contributed by atoms with Gasteiger partial charge in [0.15, 0.2) is 0 Å². The summed E-state index contributed by atoms with van der Waals surface area (Å²) in [7, 11) is 1.68. The van der Waals surface area contributed by atoms with Crippen LogP contribution in [0.1, 0.15) is 23.7 Å². The van der Waals surface area contributed by atoms with Crippen molar-refractivity contribution in [1.29, 1.82) is 0 Å². The van der Waals surface area contributed by atoms with E-state index in [1.165, 1.54) is 0 Å². The molecule has 0 spiro atoms. The molecular formula is C13H14O. The lowest BCUT2D eigenvalue weighted by atomic mass is 10.0. The van der Waals surface area contributed by atoms with Gasteiger partial charge in [-0.05, 0) is 18.1 Å². The summed E-state index contributed by atoms with van der Waals surface area (Å²) in [6, 6.07) is 7.81. The highest BCUT2D eigenvalue weighted by Gasteiger charge is 2.11. The largest absolute Gasteiger partial charge is 0.376 e. The summed E-state index contributed by atoms with van der Waals surface area (Å²) in [4.78, 5) is 0. The van der Waals surface area contributed by atoms with E-state index in [0.29, 0.717) is 0 Å². The number of terminal acetylenes is 1. The zero-order valence-corrected chi connectivity index (χ0v) is 8.36. The summed E-state index contributed by atoms with van der Waals surface area (Å²) in [6.45, 7) is 3.70. The summed E-state index contributed by atoms with van der Waals surface area (Å²) >= 11 is 0. The molecule has 1 nitrogen and oxygen atoms in total. The number of hydrogen-bond donors (Lipinski definition) is 0. The number of benzene rings is 1. The van der Waals surface area contributed by atoms with Crippen LogP contribution in [-0.2, 0) is 4.74 Å². The topological polar surface area (TPSA) is 9.23 Å². The van der Waals surface area contributed by atoms with Crippen molar-refractivity contribution in [1.82, 2.24) is 0 Å². The quantitative estimate of drug-likeness (QED) is 0.519. The summed E-state index contributed by atoms with van der Waals surface area (Å²) in [5, 5.41) is 0. The molecule has 0 heterocycles. The first-order valence-corrected chi connectivity index (χ1v) is 4.52. The van der Waals surface area contributed by atoms with Crippen LogP contribution in [0.4, 0.5) is 0 Å². The molecule has 1 atom stereocenters. The van der Waals surface area contributed by atoms with Crippen LogP contribution >= 0.6 is 0 Å². The van der Waals surface area contributed by atoms with Crippen LogP contribution in [0.25, 0.3) is 0 Å². The van der Waals surface area contributed by atoms with Crippen molar-refractivity contribution in [3.8, 4) is 12.3 Å². The predicted octanol–water partition coefficient (Wildman–Crippen LogP) is 2.93. The fraction of sp³-hybridized carbons (Fsp3) is 0.231. The first-order valence-electron chi connectivity index (χ1n) is 4.52. The molecule has 0 aliphatic heterocycles. The minimum absolute atomic E-state index is 0.0137. The van der Waals surface area contributed by atoms with E-state index in [1.54, 1.807) is 7.11 Å². The van der Waals surface area contributed by atoms with Crippen molar-refractivity contribution in [2.75, 3.05) is 7.11 Å². The van der Waals surface area contributed by atoms with E-state index in [4.69, 9.17) is 11.2 Å². The molecule has 0 fully saturated rings. The Labute approximate surface area is 85.4 Å². The smallest absolute Gasteiger partial charge is 0.0867 e. The van der Waals surface area contributed by atoms with Crippen LogP contribution in [0, 0.1) is 12.3 Å². The van der Waals surface area contributed by atoms with Crippen molar-refractivity contribution in [2.24, 2.45) is 0 Å². The van der Waals surface area contributed by atoms with Gasteiger partial charge in [-0.25, -0.2) is 0 Å². The van der Waals surface area contributed by atoms with Gasteiger partial charge in [-0.2, -0.15) is 0 Å². The van der Waals surface area contributed by atoms with Crippen molar-refractivity contribution < 1.29 is 4.74 Å². The van der Waals surface area contributed by atoms with Gasteiger partial charge >= 0.3 is 0 Å². The lowest BCUT2D eigenvalue weighted by molar-refractivity contribution is 0.106. The molecule has 0 amide bonds. The van der Waals surface area contributed by atoms with Gasteiger partial charge in [-0.1, -0.05) is 30.2 Å². The zero-order chi connectivity index (χ0) is 10.4. The Hall–Kier alpha value is -1.52. The Balaban J connectivity index is 3.03. The molecule has 0 N–H and O–H groups in total. The molecule has 1 heteroatoms. The Kier molecular flexibility index (Phi) is 3.97. The maximum absolute atomic E-state index is 5.41. The molecule has 0 bridgehead atoms. The van der Waals surface area contributed by atoms with E-state index in [-0.39, 0.29) is 6.10 Å². The molecule has 72 valence electrons. The van der Waals surface area contributed by atoms with E-state index in [1.807, 2.05) is 30.3 Å². The number of hydrogen-bond acceptors (Lipinski definition) is 1. The van der Waals surface area contributed by atoms with E-state index in [2.05, 4.69) is 12.5 Å². The maximum atomic E-state index is 5.41. The third-order valence-electron chi connectivity index (χ3n) is 2.13. The highest BCUT2D eigenvalue weighted by Crippen LogP contribution is 2.23. The van der Waals surface area contributed by atoms with Crippen molar-refractivity contribution >= 4 is 0 Å². The third-order valence-corrected chi connectivity index (χ3v) is 2.13. The fourth-order valence-electron chi connectivity index (χ4n) is 1.41. The second kappa shape index (κ2) is 5.26. The Bertz CT molecular complexity index is 346. The molecule has 1 unspecified atom stereocenters. The van der Waals surface area contributed by atoms with Gasteiger partial charge in [0.1, 0.15) is 0 Å². The van der Waals surface area contributed by atoms with Crippen LogP contribution in [-0.4, -0.2) is 7.11 Å². The molecule has 0 saturated carbocycles. The van der Waals surface area contributed by atoms with Crippen LogP contribution in [0.5, 0.6) is 0 Å². The Morgan fingerprint density at radius 2 is 2.29 bits per heavy atom. The maximum Gasteiger partial charge on any atom is 0.0867 e. The van der Waals surface area contributed by atoms with Gasteiger partial charge in [0.05, 0.1) is 6.10 Å². The zero-order valence-electron chi connectivity index (χ0n) is 8.36. The number of ether oxygens (including phenoxy) is 1. The summed E-state index contributed by atoms with van der Waals surface area (Å²) in [6.07, 6.45) is 8.03. The van der Waals surface area contributed by atoms with Gasteiger partial charge in [-0.3, -0.25) is 0 Å². The van der Waals surface area contributed by atoms with Crippen molar-refractivity contribution in [2.45, 2.75) is 12.5 Å². The average molecular weight is 186 g/mol. The molecule has 1 aromatic rings. The minimum atomic E-state index is 0.0137. The monoisotopic (exact) mass is 186 g/mol. The van der Waals surface area contributed by atoms with Crippen molar-refractivity contribution in [3.63, 3.8) is 0 Å². The van der Waals surface area contributed by atoms with Crippen LogP contribution in [0.15, 0.2) is 36.9 Å². The number of methoxy groups -OCH3 is 1. The second-order valence-electron chi connectivity index (χ2n) is 2.98. The Morgan fingerprint density at radius 1 is 1.57 bits per heavy atom. The van der Waals surface area contributed by atoms with Gasteiger partial charge in [0.2, 0.25) is 0 Å². The first-order chi connectivity index (χ1) is 6.83. The molecule has 0 aromatic heterocycles. The van der Waals surface area contributed by atoms with Crippen molar-refractivity contribution in [3.05, 3.63) is 48.0 Å². The van der Waals surface area contributed by atoms with Gasteiger partial charge < -0.3 is 4.74 Å². The molecular weight excluding hydrogens is 172 g/mol. The van der Waals surface area contributed by atoms with Crippen LogP contribution in [0.3, 0.4) is 0 Å². The summed E-state index contributed by atoms with van der Waals surface area (Å²) < 4.78 is 5.35. The summed E-state index contributed by atoms with van der Waals surface area (Å²) in [5.74, 6) is 2.65. The highest BCUT2D eigenvalue weighted by atomic mass is 16.5. The van der Waals surface area contributed by atoms with E-state index >= 15 is 0 Å². The third kappa shape index (κ3) is 2.25. The fourth-order valence-corrected chi connectivity index (χ4v) is 1.41. The van der Waals surface area contributed by atoms with Crippen LogP contribution in [0.2, 0.25) is 0 Å². The lowest BCUT2D eigenvalue weighted by Gasteiger charge is -2.15. The highest BCUT2D eigenvalue weighted by molar-refractivity contribution is 5.41. The summed E-state index contributed by atoms with van der Waals surface area (Å²) in [5.41, 5.74) is 1.94. The van der Waals surface area contributed by atoms with E-state index in [9.17, 15) is 0 Å². The average Bonchev–Trinajstić information content (AvgIpc) is 2.26. The van der Waals surface area contributed by atoms with Gasteiger partial charge in [-0.15, -0.1) is 13.0 Å². The first kappa shape index (κ1) is 10.6. The van der Waals surface area contributed by atoms with E-state index < -0.39 is 0 Å². The lowest BCUT2D eigenvalue weighted by Crippen LogP contribution is -2.02. The molecule has 14 heavy (non-hydrogen) atoms. The van der Waals surface area contributed by atoms with Gasteiger partial charge in [0, 0.05) is 12.7 Å². The van der Waals surface area contributed by atoms with Gasteiger partial charge in [0.25, 0.3) is 0 Å². The second-order valence-corrected chi connectivity index (χ2v) is 2.98. The molecule has 1 rings (SSSR count). The molecule has 0 aliphatic rings. The minimum Gasteiger partial charge on any atom is -0.376 e. The van der Waals surface area contributed by atoms with Crippen LogP contribution < -0.4 is 0 Å². The predicted molar refractivity (Wildman–Crippen MR) is 58.9 cm³/mol.